The normalized spacial score (nSPS) is 14.2. The van der Waals surface area contributed by atoms with Crippen LogP contribution in [0.4, 0.5) is 17.3 Å². The molecule has 1 aromatic heterocycles. The number of aromatic nitrogens is 2. The van der Waals surface area contributed by atoms with E-state index < -0.39 is 0 Å². The molecule has 0 atom stereocenters. The van der Waals surface area contributed by atoms with E-state index in [1.165, 1.54) is 0 Å². The van der Waals surface area contributed by atoms with E-state index in [0.717, 1.165) is 37.6 Å². The van der Waals surface area contributed by atoms with Crippen LogP contribution in [0.3, 0.4) is 0 Å². The van der Waals surface area contributed by atoms with Gasteiger partial charge in [0.2, 0.25) is 0 Å². The summed E-state index contributed by atoms with van der Waals surface area (Å²) in [4.78, 5) is 23.6. The number of rotatable bonds is 5. The number of para-hydroxylation sites is 1. The molecule has 0 spiro atoms. The molecular formula is C21H26ClN7OS. The summed E-state index contributed by atoms with van der Waals surface area (Å²) in [6, 6.07) is 7.33. The minimum atomic E-state index is -0.273. The molecule has 0 unspecified atom stereocenters. The van der Waals surface area contributed by atoms with Gasteiger partial charge in [0.25, 0.3) is 5.91 Å². The minimum Gasteiger partial charge on any atom is -0.354 e. The highest BCUT2D eigenvalue weighted by Gasteiger charge is 2.14. The Kier molecular flexibility index (Phi) is 7.78. The van der Waals surface area contributed by atoms with Crippen LogP contribution >= 0.6 is 23.8 Å². The predicted molar refractivity (Wildman–Crippen MR) is 130 cm³/mol. The largest absolute Gasteiger partial charge is 0.354 e. The number of carbonyl (C=O) groups is 1. The first-order chi connectivity index (χ1) is 14.8. The SMILES string of the molecule is C/C(=C\NC(=S)Nc1cc(N2CCNCC2)nc(C)n1)C(=O)Nc1c(C)cccc1Cl. The summed E-state index contributed by atoms with van der Waals surface area (Å²) in [6.07, 6.45) is 1.54. The fraction of sp³-hybridized carbons (Fsp3) is 0.333. The molecule has 0 saturated carbocycles. The maximum absolute atomic E-state index is 12.5. The first-order valence-corrected chi connectivity index (χ1v) is 10.7. The van der Waals surface area contributed by atoms with Gasteiger partial charge in [0.1, 0.15) is 17.5 Å². The minimum absolute atomic E-state index is 0.273. The van der Waals surface area contributed by atoms with Gasteiger partial charge in [-0.2, -0.15) is 0 Å². The molecule has 1 aliphatic rings. The average molecular weight is 460 g/mol. The van der Waals surface area contributed by atoms with Crippen LogP contribution in [-0.2, 0) is 4.79 Å². The molecule has 1 aliphatic heterocycles. The van der Waals surface area contributed by atoms with Gasteiger partial charge in [-0.05, 0) is 44.6 Å². The van der Waals surface area contributed by atoms with Gasteiger partial charge in [-0.3, -0.25) is 4.79 Å². The van der Waals surface area contributed by atoms with Gasteiger partial charge in [0, 0.05) is 44.0 Å². The summed E-state index contributed by atoms with van der Waals surface area (Å²) in [5.74, 6) is 1.84. The summed E-state index contributed by atoms with van der Waals surface area (Å²) < 4.78 is 0. The van der Waals surface area contributed by atoms with Crippen LogP contribution in [0.1, 0.15) is 18.3 Å². The Hall–Kier alpha value is -2.75. The first kappa shape index (κ1) is 22.9. The van der Waals surface area contributed by atoms with E-state index in [0.29, 0.717) is 33.0 Å². The van der Waals surface area contributed by atoms with E-state index in [1.54, 1.807) is 19.2 Å². The lowest BCUT2D eigenvalue weighted by molar-refractivity contribution is -0.112. The van der Waals surface area contributed by atoms with Gasteiger partial charge in [-0.15, -0.1) is 0 Å². The second-order valence-electron chi connectivity index (χ2n) is 7.21. The molecule has 1 amide bonds. The second-order valence-corrected chi connectivity index (χ2v) is 8.02. The Labute approximate surface area is 192 Å². The van der Waals surface area contributed by atoms with E-state index in [2.05, 4.69) is 36.1 Å². The van der Waals surface area contributed by atoms with E-state index >= 15 is 0 Å². The molecule has 2 heterocycles. The van der Waals surface area contributed by atoms with Crippen molar-refractivity contribution in [2.24, 2.45) is 0 Å². The third kappa shape index (κ3) is 6.36. The van der Waals surface area contributed by atoms with Crippen LogP contribution in [0.5, 0.6) is 0 Å². The fourth-order valence-electron chi connectivity index (χ4n) is 3.07. The lowest BCUT2D eigenvalue weighted by atomic mass is 10.2. The van der Waals surface area contributed by atoms with Crippen molar-refractivity contribution in [3.8, 4) is 0 Å². The van der Waals surface area contributed by atoms with Crippen molar-refractivity contribution >= 4 is 52.2 Å². The molecule has 0 radical (unpaired) electrons. The highest BCUT2D eigenvalue weighted by molar-refractivity contribution is 7.80. The zero-order valence-corrected chi connectivity index (χ0v) is 19.3. The van der Waals surface area contributed by atoms with E-state index in [1.807, 2.05) is 32.0 Å². The summed E-state index contributed by atoms with van der Waals surface area (Å²) in [5, 5.41) is 13.0. The lowest BCUT2D eigenvalue weighted by Gasteiger charge is -2.28. The number of piperazine rings is 1. The monoisotopic (exact) mass is 459 g/mol. The van der Waals surface area contributed by atoms with Crippen LogP contribution in [0.15, 0.2) is 36.0 Å². The predicted octanol–water partition coefficient (Wildman–Crippen LogP) is 2.99. The molecule has 1 aromatic carbocycles. The van der Waals surface area contributed by atoms with Crippen molar-refractivity contribution < 1.29 is 4.79 Å². The highest BCUT2D eigenvalue weighted by atomic mass is 35.5. The van der Waals surface area contributed by atoms with Gasteiger partial charge < -0.3 is 26.2 Å². The average Bonchev–Trinajstić information content (AvgIpc) is 2.74. The Bertz CT molecular complexity index is 985. The van der Waals surface area contributed by atoms with Crippen LogP contribution < -0.4 is 26.2 Å². The smallest absolute Gasteiger partial charge is 0.252 e. The third-order valence-electron chi connectivity index (χ3n) is 4.75. The summed E-state index contributed by atoms with van der Waals surface area (Å²) in [7, 11) is 0. The van der Waals surface area contributed by atoms with E-state index in [-0.39, 0.29) is 5.91 Å². The zero-order chi connectivity index (χ0) is 22.4. The van der Waals surface area contributed by atoms with Gasteiger partial charge in [0.15, 0.2) is 5.11 Å². The van der Waals surface area contributed by atoms with Crippen molar-refractivity contribution in [2.45, 2.75) is 20.8 Å². The number of benzene rings is 1. The third-order valence-corrected chi connectivity index (χ3v) is 5.28. The zero-order valence-electron chi connectivity index (χ0n) is 17.8. The first-order valence-electron chi connectivity index (χ1n) is 9.95. The highest BCUT2D eigenvalue weighted by Crippen LogP contribution is 2.25. The molecule has 10 heteroatoms. The molecule has 4 N–H and O–H groups in total. The maximum atomic E-state index is 12.5. The van der Waals surface area contributed by atoms with Crippen LogP contribution in [0.25, 0.3) is 0 Å². The molecule has 1 saturated heterocycles. The number of nitrogens with zero attached hydrogens (tertiary/aromatic N) is 3. The molecular weight excluding hydrogens is 434 g/mol. The number of thiocarbonyl (C=S) groups is 1. The molecule has 164 valence electrons. The van der Waals surface area contributed by atoms with Crippen LogP contribution in [0.2, 0.25) is 5.02 Å². The number of nitrogens with one attached hydrogen (secondary N) is 4. The number of hydrogen-bond donors (Lipinski definition) is 4. The van der Waals surface area contributed by atoms with Crippen molar-refractivity contribution in [1.82, 2.24) is 20.6 Å². The molecule has 1 fully saturated rings. The number of halogens is 1. The Balaban J connectivity index is 1.60. The molecule has 0 bridgehead atoms. The lowest BCUT2D eigenvalue weighted by Crippen LogP contribution is -2.44. The Morgan fingerprint density at radius 2 is 1.97 bits per heavy atom. The van der Waals surface area contributed by atoms with Crippen molar-refractivity contribution in [1.29, 1.82) is 0 Å². The van der Waals surface area contributed by atoms with Gasteiger partial charge in [-0.25, -0.2) is 9.97 Å². The summed E-state index contributed by atoms with van der Waals surface area (Å²) in [6.45, 7) is 9.04. The topological polar surface area (TPSA) is 94.2 Å². The quantitative estimate of drug-likeness (QED) is 0.400. The summed E-state index contributed by atoms with van der Waals surface area (Å²) in [5.41, 5.74) is 1.93. The second kappa shape index (κ2) is 10.5. The number of aryl methyl sites for hydroxylation is 2. The molecule has 8 nitrogen and oxygen atoms in total. The van der Waals surface area contributed by atoms with E-state index in [9.17, 15) is 4.79 Å². The molecule has 31 heavy (non-hydrogen) atoms. The Morgan fingerprint density at radius 3 is 2.68 bits per heavy atom. The van der Waals surface area contributed by atoms with Crippen molar-refractivity contribution in [2.75, 3.05) is 41.7 Å². The standard InChI is InChI=1S/C21H26ClN7OS/c1-13-5-4-6-16(22)19(13)28-20(30)14(2)12-24-21(31)27-17-11-18(26-15(3)25-17)29-9-7-23-8-10-29/h4-6,11-12,23H,7-10H2,1-3H3,(H,28,30)(H2,24,25,26,27,31)/b14-12+. The maximum Gasteiger partial charge on any atom is 0.252 e. The van der Waals surface area contributed by atoms with E-state index in [4.69, 9.17) is 23.8 Å². The van der Waals surface area contributed by atoms with Crippen LogP contribution in [0, 0.1) is 13.8 Å². The molecule has 3 rings (SSSR count). The van der Waals surface area contributed by atoms with Crippen LogP contribution in [-0.4, -0.2) is 47.2 Å². The van der Waals surface area contributed by atoms with Crippen molar-refractivity contribution in [3.05, 3.63) is 52.4 Å². The molecule has 2 aromatic rings. The number of hydrogen-bond acceptors (Lipinski definition) is 6. The van der Waals surface area contributed by atoms with Gasteiger partial charge in [-0.1, -0.05) is 23.7 Å². The number of carbonyl (C=O) groups excluding carboxylic acids is 1. The number of amides is 1. The van der Waals surface area contributed by atoms with Crippen molar-refractivity contribution in [3.63, 3.8) is 0 Å². The fourth-order valence-corrected chi connectivity index (χ4v) is 3.50. The van der Waals surface area contributed by atoms with Gasteiger partial charge in [0.05, 0.1) is 10.7 Å². The molecule has 0 aliphatic carbocycles. The van der Waals surface area contributed by atoms with Gasteiger partial charge >= 0.3 is 0 Å². The Morgan fingerprint density at radius 1 is 1.23 bits per heavy atom. The summed E-state index contributed by atoms with van der Waals surface area (Å²) >= 11 is 11.5. The number of anilines is 3.